The van der Waals surface area contributed by atoms with E-state index < -0.39 is 0 Å². The first-order valence-corrected chi connectivity index (χ1v) is 5.84. The number of nitrogens with zero attached hydrogens (tertiary/aromatic N) is 4. The van der Waals surface area contributed by atoms with Crippen LogP contribution in [-0.2, 0) is 25.9 Å². The fourth-order valence-corrected chi connectivity index (χ4v) is 1.78. The molecule has 4 nitrogen and oxygen atoms in total. The molecule has 0 radical (unpaired) electrons. The Morgan fingerprint density at radius 3 is 2.75 bits per heavy atom. The molecule has 86 valence electrons. The number of hydrogen-bond acceptors (Lipinski definition) is 2. The van der Waals surface area contributed by atoms with Gasteiger partial charge in [0.25, 0.3) is 0 Å². The summed E-state index contributed by atoms with van der Waals surface area (Å²) in [5, 5.41) is 4.41. The predicted octanol–water partition coefficient (Wildman–Crippen LogP) is 1.97. The molecule has 0 aliphatic carbocycles. The molecule has 2 aromatic heterocycles. The molecule has 16 heavy (non-hydrogen) atoms. The highest BCUT2D eigenvalue weighted by atomic mass is 35.5. The Hall–Kier alpha value is -1.29. The zero-order valence-electron chi connectivity index (χ0n) is 9.52. The third-order valence-electron chi connectivity index (χ3n) is 2.56. The van der Waals surface area contributed by atoms with E-state index in [1.807, 2.05) is 22.5 Å². The summed E-state index contributed by atoms with van der Waals surface area (Å²) in [4.78, 5) is 4.19. The average Bonchev–Trinajstić information content (AvgIpc) is 2.87. The molecule has 5 heteroatoms. The second-order valence-electron chi connectivity index (χ2n) is 3.78. The quantitative estimate of drug-likeness (QED) is 0.764. The fourth-order valence-electron chi connectivity index (χ4n) is 1.64. The van der Waals surface area contributed by atoms with Crippen LogP contribution in [0.4, 0.5) is 0 Å². The van der Waals surface area contributed by atoms with E-state index >= 15 is 0 Å². The van der Waals surface area contributed by atoms with Gasteiger partial charge >= 0.3 is 0 Å². The number of alkyl halides is 1. The minimum absolute atomic E-state index is 0.457. The largest absolute Gasteiger partial charge is 0.331 e. The summed E-state index contributed by atoms with van der Waals surface area (Å²) >= 11 is 5.71. The summed E-state index contributed by atoms with van der Waals surface area (Å²) in [6.45, 7) is 2.89. The van der Waals surface area contributed by atoms with Crippen molar-refractivity contribution in [3.63, 3.8) is 0 Å². The van der Waals surface area contributed by atoms with Crippen LogP contribution >= 0.6 is 11.6 Å². The molecule has 2 aromatic rings. The summed E-state index contributed by atoms with van der Waals surface area (Å²) in [6, 6.07) is 2.13. The van der Waals surface area contributed by atoms with Gasteiger partial charge in [0.05, 0.1) is 35.8 Å². The van der Waals surface area contributed by atoms with Crippen molar-refractivity contribution in [3.05, 3.63) is 35.7 Å². The van der Waals surface area contributed by atoms with E-state index in [0.29, 0.717) is 5.88 Å². The molecule has 2 rings (SSSR count). The highest BCUT2D eigenvalue weighted by Crippen LogP contribution is 2.07. The van der Waals surface area contributed by atoms with Crippen molar-refractivity contribution in [2.24, 2.45) is 7.05 Å². The van der Waals surface area contributed by atoms with Crippen molar-refractivity contribution in [3.8, 4) is 0 Å². The fraction of sp³-hybridized carbons (Fsp3) is 0.455. The van der Waals surface area contributed by atoms with Crippen LogP contribution in [0.15, 0.2) is 18.6 Å². The molecule has 0 aromatic carbocycles. The number of rotatable bonds is 4. The molecular weight excluding hydrogens is 224 g/mol. The van der Waals surface area contributed by atoms with Gasteiger partial charge in [-0.05, 0) is 12.5 Å². The van der Waals surface area contributed by atoms with Gasteiger partial charge in [-0.1, -0.05) is 6.92 Å². The molecule has 0 saturated heterocycles. The number of aromatic nitrogens is 4. The van der Waals surface area contributed by atoms with E-state index in [4.69, 9.17) is 11.6 Å². The highest BCUT2D eigenvalue weighted by Gasteiger charge is 2.05. The van der Waals surface area contributed by atoms with Crippen molar-refractivity contribution < 1.29 is 0 Å². The first-order valence-electron chi connectivity index (χ1n) is 5.31. The maximum Gasteiger partial charge on any atom is 0.0953 e. The van der Waals surface area contributed by atoms with Gasteiger partial charge in [0, 0.05) is 13.2 Å². The molecule has 0 bridgehead atoms. The lowest BCUT2D eigenvalue weighted by molar-refractivity contribution is 0.660. The van der Waals surface area contributed by atoms with Gasteiger partial charge in [-0.25, -0.2) is 4.98 Å². The number of halogens is 1. The van der Waals surface area contributed by atoms with E-state index in [1.165, 1.54) is 5.69 Å². The van der Waals surface area contributed by atoms with Gasteiger partial charge < -0.3 is 4.57 Å². The lowest BCUT2D eigenvalue weighted by atomic mass is 10.3. The molecule has 0 N–H and O–H groups in total. The molecule has 0 fully saturated rings. The van der Waals surface area contributed by atoms with E-state index in [2.05, 4.69) is 23.1 Å². The van der Waals surface area contributed by atoms with E-state index in [1.54, 1.807) is 6.33 Å². The van der Waals surface area contributed by atoms with Gasteiger partial charge in [-0.2, -0.15) is 5.10 Å². The minimum atomic E-state index is 0.457. The van der Waals surface area contributed by atoms with Crippen molar-refractivity contribution >= 4 is 11.6 Å². The van der Waals surface area contributed by atoms with Gasteiger partial charge in [0.2, 0.25) is 0 Å². The second kappa shape index (κ2) is 4.70. The zero-order chi connectivity index (χ0) is 11.5. The predicted molar refractivity (Wildman–Crippen MR) is 63.5 cm³/mol. The molecule has 0 saturated carbocycles. The lowest BCUT2D eigenvalue weighted by Gasteiger charge is -2.01. The lowest BCUT2D eigenvalue weighted by Crippen LogP contribution is -2.03. The van der Waals surface area contributed by atoms with Crippen LogP contribution in [0.5, 0.6) is 0 Å². The third kappa shape index (κ3) is 2.27. The maximum atomic E-state index is 5.71. The SMILES string of the molecule is CCc1cc(Cn2cnc(CCl)c2)n(C)n1. The Morgan fingerprint density at radius 1 is 1.38 bits per heavy atom. The second-order valence-corrected chi connectivity index (χ2v) is 4.04. The van der Waals surface area contributed by atoms with Crippen molar-refractivity contribution in [2.75, 3.05) is 0 Å². The topological polar surface area (TPSA) is 35.6 Å². The van der Waals surface area contributed by atoms with Crippen LogP contribution < -0.4 is 0 Å². The standard InChI is InChI=1S/C11H15ClN4/c1-3-9-4-11(15(2)14-9)7-16-6-10(5-12)13-8-16/h4,6,8H,3,5,7H2,1-2H3. The first kappa shape index (κ1) is 11.2. The summed E-state index contributed by atoms with van der Waals surface area (Å²) in [5.74, 6) is 0.457. The summed E-state index contributed by atoms with van der Waals surface area (Å²) in [6.07, 6.45) is 4.73. The van der Waals surface area contributed by atoms with Gasteiger partial charge in [-0.3, -0.25) is 4.68 Å². The summed E-state index contributed by atoms with van der Waals surface area (Å²) in [7, 11) is 1.97. The molecule has 0 aliphatic heterocycles. The third-order valence-corrected chi connectivity index (χ3v) is 2.83. The highest BCUT2D eigenvalue weighted by molar-refractivity contribution is 6.16. The Labute approximate surface area is 99.9 Å². The van der Waals surface area contributed by atoms with Crippen LogP contribution in [-0.4, -0.2) is 19.3 Å². The van der Waals surface area contributed by atoms with E-state index in [0.717, 1.165) is 24.4 Å². The van der Waals surface area contributed by atoms with Crippen LogP contribution in [0.25, 0.3) is 0 Å². The van der Waals surface area contributed by atoms with Crippen LogP contribution in [0.1, 0.15) is 24.0 Å². The summed E-state index contributed by atoms with van der Waals surface area (Å²) < 4.78 is 3.94. The minimum Gasteiger partial charge on any atom is -0.331 e. The Morgan fingerprint density at radius 2 is 2.19 bits per heavy atom. The molecule has 2 heterocycles. The van der Waals surface area contributed by atoms with Gasteiger partial charge in [0.1, 0.15) is 0 Å². The zero-order valence-corrected chi connectivity index (χ0v) is 10.3. The van der Waals surface area contributed by atoms with Gasteiger partial charge in [0.15, 0.2) is 0 Å². The first-order chi connectivity index (χ1) is 7.72. The molecule has 0 atom stereocenters. The molecular formula is C11H15ClN4. The smallest absolute Gasteiger partial charge is 0.0953 e. The molecule has 0 spiro atoms. The molecule has 0 amide bonds. The van der Waals surface area contributed by atoms with Crippen LogP contribution in [0.2, 0.25) is 0 Å². The maximum absolute atomic E-state index is 5.71. The number of aryl methyl sites for hydroxylation is 2. The van der Waals surface area contributed by atoms with E-state index in [9.17, 15) is 0 Å². The van der Waals surface area contributed by atoms with Crippen LogP contribution in [0.3, 0.4) is 0 Å². The Bertz CT molecular complexity index is 472. The average molecular weight is 239 g/mol. The van der Waals surface area contributed by atoms with E-state index in [-0.39, 0.29) is 0 Å². The number of imidazole rings is 1. The summed E-state index contributed by atoms with van der Waals surface area (Å²) in [5.41, 5.74) is 3.20. The Kier molecular flexibility index (Phi) is 3.29. The van der Waals surface area contributed by atoms with Crippen molar-refractivity contribution in [2.45, 2.75) is 25.8 Å². The monoisotopic (exact) mass is 238 g/mol. The van der Waals surface area contributed by atoms with Crippen molar-refractivity contribution in [1.82, 2.24) is 19.3 Å². The molecule has 0 unspecified atom stereocenters. The normalized spacial score (nSPS) is 10.9. The number of hydrogen-bond donors (Lipinski definition) is 0. The van der Waals surface area contributed by atoms with Gasteiger partial charge in [-0.15, -0.1) is 11.6 Å². The van der Waals surface area contributed by atoms with Crippen molar-refractivity contribution in [1.29, 1.82) is 0 Å². The molecule has 0 aliphatic rings. The Balaban J connectivity index is 2.16. The van der Waals surface area contributed by atoms with Crippen LogP contribution in [0, 0.1) is 0 Å².